The zero-order valence-corrected chi connectivity index (χ0v) is 10.4. The first-order valence-corrected chi connectivity index (χ1v) is 7.09. The highest BCUT2D eigenvalue weighted by Gasteiger charge is 2.29. The van der Waals surface area contributed by atoms with Crippen molar-refractivity contribution in [2.45, 2.75) is 31.1 Å². The van der Waals surface area contributed by atoms with Crippen molar-refractivity contribution in [3.8, 4) is 0 Å². The van der Waals surface area contributed by atoms with Gasteiger partial charge in [0.1, 0.15) is 0 Å². The first-order chi connectivity index (χ1) is 8.09. The molecule has 9 heteroatoms. The third-order valence-electron chi connectivity index (χ3n) is 2.78. The zero-order valence-electron chi connectivity index (χ0n) is 9.55. The Hall–Kier alpha value is -1.06. The highest BCUT2D eigenvalue weighted by atomic mass is 32.2. The van der Waals surface area contributed by atoms with E-state index in [1.54, 1.807) is 6.92 Å². The van der Waals surface area contributed by atoms with Crippen LogP contribution in [0.1, 0.15) is 31.6 Å². The molecule has 3 N–H and O–H groups in total. The first kappa shape index (κ1) is 12.4. The van der Waals surface area contributed by atoms with Gasteiger partial charge in [0.05, 0.1) is 11.3 Å². The van der Waals surface area contributed by atoms with Crippen molar-refractivity contribution >= 4 is 10.0 Å². The summed E-state index contributed by atoms with van der Waals surface area (Å²) in [5.74, 6) is 0.345. The van der Waals surface area contributed by atoms with Crippen LogP contribution in [0.5, 0.6) is 0 Å². The third kappa shape index (κ3) is 2.99. The number of piperidine rings is 1. The Balaban J connectivity index is 2.01. The lowest BCUT2D eigenvalue weighted by Gasteiger charge is -2.24. The van der Waals surface area contributed by atoms with E-state index < -0.39 is 16.1 Å². The maximum atomic E-state index is 12.1. The minimum Gasteiger partial charge on any atom is -0.315 e. The molecular weight excluding hydrogens is 244 g/mol. The molecule has 0 radical (unpaired) electrons. The Bertz CT molecular complexity index is 439. The minimum absolute atomic E-state index is 0.345. The topological polar surface area (TPSA) is 113 Å². The van der Waals surface area contributed by atoms with Crippen molar-refractivity contribution in [3.63, 3.8) is 0 Å². The Morgan fingerprint density at radius 3 is 2.94 bits per heavy atom. The van der Waals surface area contributed by atoms with Gasteiger partial charge in [0, 0.05) is 6.54 Å². The van der Waals surface area contributed by atoms with Gasteiger partial charge in [0.25, 0.3) is 0 Å². The van der Waals surface area contributed by atoms with E-state index in [2.05, 4.69) is 30.7 Å². The van der Waals surface area contributed by atoms with Crippen molar-refractivity contribution in [3.05, 3.63) is 5.82 Å². The molecular formula is C8H16N6O2S. The van der Waals surface area contributed by atoms with Gasteiger partial charge in [-0.15, -0.1) is 10.2 Å². The molecule has 1 aromatic heterocycles. The van der Waals surface area contributed by atoms with Crippen LogP contribution in [-0.2, 0) is 10.0 Å². The fraction of sp³-hybridized carbons (Fsp3) is 0.875. The number of nitrogens with zero attached hydrogens (tertiary/aromatic N) is 3. The van der Waals surface area contributed by atoms with Crippen LogP contribution in [0.2, 0.25) is 0 Å². The molecule has 0 amide bonds. The number of aromatic amines is 1. The van der Waals surface area contributed by atoms with Gasteiger partial charge in [-0.3, -0.25) is 0 Å². The molecule has 1 saturated heterocycles. The van der Waals surface area contributed by atoms with E-state index in [1.807, 2.05) is 0 Å². The maximum Gasteiger partial charge on any atom is 0.216 e. The molecule has 1 aliphatic rings. The molecule has 17 heavy (non-hydrogen) atoms. The summed E-state index contributed by atoms with van der Waals surface area (Å²) >= 11 is 0. The summed E-state index contributed by atoms with van der Waals surface area (Å²) < 4.78 is 26.7. The molecule has 1 aliphatic heterocycles. The Morgan fingerprint density at radius 1 is 1.53 bits per heavy atom. The van der Waals surface area contributed by atoms with E-state index >= 15 is 0 Å². The van der Waals surface area contributed by atoms with Crippen molar-refractivity contribution < 1.29 is 8.42 Å². The number of hydrogen-bond donors (Lipinski definition) is 3. The van der Waals surface area contributed by atoms with E-state index in [4.69, 9.17) is 0 Å². The van der Waals surface area contributed by atoms with E-state index in [0.29, 0.717) is 18.8 Å². The molecule has 0 aliphatic carbocycles. The van der Waals surface area contributed by atoms with Gasteiger partial charge < -0.3 is 5.32 Å². The van der Waals surface area contributed by atoms with E-state index in [9.17, 15) is 8.42 Å². The van der Waals surface area contributed by atoms with Gasteiger partial charge in [0.2, 0.25) is 10.0 Å². The van der Waals surface area contributed by atoms with Crippen LogP contribution in [0.3, 0.4) is 0 Å². The second-order valence-electron chi connectivity index (χ2n) is 4.12. The van der Waals surface area contributed by atoms with Gasteiger partial charge >= 0.3 is 0 Å². The second-order valence-corrected chi connectivity index (χ2v) is 6.12. The van der Waals surface area contributed by atoms with Crippen LogP contribution in [0.25, 0.3) is 0 Å². The first-order valence-electron chi connectivity index (χ1n) is 5.55. The minimum atomic E-state index is -3.34. The van der Waals surface area contributed by atoms with Crippen molar-refractivity contribution in [1.29, 1.82) is 0 Å². The Labute approximate surface area is 99.6 Å². The highest BCUT2D eigenvalue weighted by molar-refractivity contribution is 7.90. The van der Waals surface area contributed by atoms with Crippen molar-refractivity contribution in [1.82, 2.24) is 30.7 Å². The number of H-pyrrole nitrogens is 1. The molecule has 0 bridgehead atoms. The molecule has 0 aromatic carbocycles. The Morgan fingerprint density at radius 2 is 2.35 bits per heavy atom. The molecule has 2 atom stereocenters. The number of rotatable bonds is 4. The SMILES string of the molecule is CC(NS(=O)(=O)C1CCCNC1)c1nn[nH]n1. The van der Waals surface area contributed by atoms with E-state index in [-0.39, 0.29) is 5.25 Å². The lowest BCUT2D eigenvalue weighted by Crippen LogP contribution is -2.45. The summed E-state index contributed by atoms with van der Waals surface area (Å²) in [5, 5.41) is 15.9. The van der Waals surface area contributed by atoms with Gasteiger partial charge in [-0.2, -0.15) is 5.21 Å². The molecule has 1 aromatic rings. The molecule has 2 unspecified atom stereocenters. The summed E-state index contributed by atoms with van der Waals surface area (Å²) in [5.41, 5.74) is 0. The third-order valence-corrected chi connectivity index (χ3v) is 4.74. The molecule has 96 valence electrons. The zero-order chi connectivity index (χ0) is 12.3. The number of sulfonamides is 1. The van der Waals surface area contributed by atoms with Crippen LogP contribution < -0.4 is 10.0 Å². The predicted octanol–water partition coefficient (Wildman–Crippen LogP) is -1.07. The second kappa shape index (κ2) is 5.07. The fourth-order valence-corrected chi connectivity index (χ4v) is 3.44. The monoisotopic (exact) mass is 260 g/mol. The van der Waals surface area contributed by atoms with E-state index in [1.165, 1.54) is 0 Å². The summed E-state index contributed by atoms with van der Waals surface area (Å²) in [6.45, 7) is 3.07. The number of hydrogen-bond acceptors (Lipinski definition) is 6. The largest absolute Gasteiger partial charge is 0.315 e. The molecule has 0 saturated carbocycles. The Kier molecular flexibility index (Phi) is 3.69. The van der Waals surface area contributed by atoms with Crippen molar-refractivity contribution in [2.75, 3.05) is 13.1 Å². The highest BCUT2D eigenvalue weighted by Crippen LogP contribution is 2.14. The smallest absolute Gasteiger partial charge is 0.216 e. The molecule has 1 fully saturated rings. The molecule has 0 spiro atoms. The van der Waals surface area contributed by atoms with Crippen LogP contribution in [0, 0.1) is 0 Å². The predicted molar refractivity (Wildman–Crippen MR) is 60.5 cm³/mol. The average Bonchev–Trinajstić information content (AvgIpc) is 2.83. The molecule has 8 nitrogen and oxygen atoms in total. The van der Waals surface area contributed by atoms with Crippen LogP contribution >= 0.6 is 0 Å². The standard InChI is InChI=1S/C8H16N6O2S/c1-6(8-10-13-14-11-8)12-17(15,16)7-3-2-4-9-5-7/h6-7,9,12H,2-5H2,1H3,(H,10,11,13,14). The molecule has 2 heterocycles. The summed E-state index contributed by atoms with van der Waals surface area (Å²) in [7, 11) is -3.34. The van der Waals surface area contributed by atoms with Crippen LogP contribution in [-0.4, -0.2) is 47.4 Å². The lowest BCUT2D eigenvalue weighted by atomic mass is 10.2. The number of nitrogens with one attached hydrogen (secondary N) is 3. The summed E-state index contributed by atoms with van der Waals surface area (Å²) in [4.78, 5) is 0. The van der Waals surface area contributed by atoms with Crippen LogP contribution in [0.15, 0.2) is 0 Å². The summed E-state index contributed by atoms with van der Waals surface area (Å²) in [6, 6.07) is -0.472. The summed E-state index contributed by atoms with van der Waals surface area (Å²) in [6.07, 6.45) is 1.56. The van der Waals surface area contributed by atoms with Crippen molar-refractivity contribution in [2.24, 2.45) is 0 Å². The fourth-order valence-electron chi connectivity index (χ4n) is 1.83. The van der Waals surface area contributed by atoms with Gasteiger partial charge in [-0.1, -0.05) is 5.21 Å². The van der Waals surface area contributed by atoms with Crippen LogP contribution in [0.4, 0.5) is 0 Å². The van der Waals surface area contributed by atoms with Gasteiger partial charge in [0.15, 0.2) is 5.82 Å². The lowest BCUT2D eigenvalue weighted by molar-refractivity contribution is 0.483. The van der Waals surface area contributed by atoms with Gasteiger partial charge in [-0.25, -0.2) is 13.1 Å². The number of aromatic nitrogens is 4. The number of tetrazole rings is 1. The normalized spacial score (nSPS) is 23.5. The average molecular weight is 260 g/mol. The van der Waals surface area contributed by atoms with Gasteiger partial charge in [-0.05, 0) is 26.3 Å². The maximum absolute atomic E-state index is 12.1. The quantitative estimate of drug-likeness (QED) is 0.635. The molecule has 2 rings (SSSR count). The van der Waals surface area contributed by atoms with E-state index in [0.717, 1.165) is 13.0 Å².